The number of aryl methyl sites for hydroxylation is 2. The summed E-state index contributed by atoms with van der Waals surface area (Å²) >= 11 is 0. The number of tetrazole rings is 1. The second-order valence-corrected chi connectivity index (χ2v) is 6.41. The van der Waals surface area contributed by atoms with Crippen molar-refractivity contribution in [2.45, 2.75) is 26.9 Å². The molecule has 9 heteroatoms. The molecule has 0 fully saturated rings. The number of benzene rings is 2. The number of hydrogen-bond acceptors (Lipinski definition) is 5. The zero-order chi connectivity index (χ0) is 19.7. The van der Waals surface area contributed by atoms with Crippen LogP contribution in [-0.4, -0.2) is 35.2 Å². The highest BCUT2D eigenvalue weighted by atomic mass is 16.2. The third-order valence-corrected chi connectivity index (χ3v) is 4.62. The standard InChI is InChI=1S/C19H19N7O2/c1-3-24-16-6-4-5-7-17(16)25(19(24)28)11-18(27)21-14-8-9-15(13(2)10-14)26-12-20-22-23-26/h4-10,12H,3,11H2,1-2H3,(H,21,27). The average molecular weight is 377 g/mol. The summed E-state index contributed by atoms with van der Waals surface area (Å²) in [6, 6.07) is 12.9. The Kier molecular flexibility index (Phi) is 4.48. The van der Waals surface area contributed by atoms with E-state index in [4.69, 9.17) is 0 Å². The largest absolute Gasteiger partial charge is 0.329 e. The van der Waals surface area contributed by atoms with Crippen molar-refractivity contribution in [2.24, 2.45) is 0 Å². The Bertz CT molecular complexity index is 1200. The van der Waals surface area contributed by atoms with Gasteiger partial charge in [0.2, 0.25) is 5.91 Å². The fraction of sp³-hybridized carbons (Fsp3) is 0.211. The summed E-state index contributed by atoms with van der Waals surface area (Å²) in [4.78, 5) is 25.2. The van der Waals surface area contributed by atoms with Gasteiger partial charge < -0.3 is 5.32 Å². The van der Waals surface area contributed by atoms with Crippen LogP contribution in [0.1, 0.15) is 12.5 Å². The van der Waals surface area contributed by atoms with Crippen molar-refractivity contribution in [1.82, 2.24) is 29.3 Å². The maximum absolute atomic E-state index is 12.7. The van der Waals surface area contributed by atoms with E-state index in [1.165, 1.54) is 10.9 Å². The lowest BCUT2D eigenvalue weighted by molar-refractivity contribution is -0.116. The smallest absolute Gasteiger partial charge is 0.325 e. The van der Waals surface area contributed by atoms with Gasteiger partial charge in [-0.3, -0.25) is 13.9 Å². The number of anilines is 1. The Morgan fingerprint density at radius 1 is 1.11 bits per heavy atom. The lowest BCUT2D eigenvalue weighted by Crippen LogP contribution is -2.29. The van der Waals surface area contributed by atoms with Gasteiger partial charge in [0.05, 0.1) is 16.7 Å². The molecule has 0 saturated carbocycles. The number of aromatic nitrogens is 6. The molecule has 0 spiro atoms. The minimum Gasteiger partial charge on any atom is -0.325 e. The number of amides is 1. The zero-order valence-corrected chi connectivity index (χ0v) is 15.5. The molecule has 0 aliphatic heterocycles. The van der Waals surface area contributed by atoms with Gasteiger partial charge in [0.15, 0.2) is 0 Å². The molecule has 0 radical (unpaired) electrons. The quantitative estimate of drug-likeness (QED) is 0.571. The zero-order valence-electron chi connectivity index (χ0n) is 15.5. The lowest BCUT2D eigenvalue weighted by Gasteiger charge is -2.10. The third-order valence-electron chi connectivity index (χ3n) is 4.62. The molecule has 0 atom stereocenters. The third kappa shape index (κ3) is 3.07. The number of rotatable bonds is 5. The summed E-state index contributed by atoms with van der Waals surface area (Å²) in [5, 5.41) is 14.0. The summed E-state index contributed by atoms with van der Waals surface area (Å²) in [6.07, 6.45) is 1.51. The molecule has 0 saturated heterocycles. The van der Waals surface area contributed by atoms with Gasteiger partial charge in [0, 0.05) is 12.2 Å². The second-order valence-electron chi connectivity index (χ2n) is 6.41. The average Bonchev–Trinajstić information content (AvgIpc) is 3.29. The van der Waals surface area contributed by atoms with Gasteiger partial charge in [-0.1, -0.05) is 12.1 Å². The summed E-state index contributed by atoms with van der Waals surface area (Å²) in [5.41, 5.74) is 3.75. The van der Waals surface area contributed by atoms with E-state index >= 15 is 0 Å². The summed E-state index contributed by atoms with van der Waals surface area (Å²) in [7, 11) is 0. The van der Waals surface area contributed by atoms with Crippen LogP contribution in [0.5, 0.6) is 0 Å². The van der Waals surface area contributed by atoms with Gasteiger partial charge in [0.25, 0.3) is 0 Å². The van der Waals surface area contributed by atoms with Crippen molar-refractivity contribution in [2.75, 3.05) is 5.32 Å². The molecular weight excluding hydrogens is 358 g/mol. The first-order valence-corrected chi connectivity index (χ1v) is 8.90. The topological polar surface area (TPSA) is 99.6 Å². The second kappa shape index (κ2) is 7.10. The Morgan fingerprint density at radius 3 is 2.50 bits per heavy atom. The Balaban J connectivity index is 1.57. The van der Waals surface area contributed by atoms with Crippen LogP contribution in [0.15, 0.2) is 53.6 Å². The van der Waals surface area contributed by atoms with Crippen LogP contribution in [-0.2, 0) is 17.9 Å². The van der Waals surface area contributed by atoms with Crippen molar-refractivity contribution in [3.05, 3.63) is 64.8 Å². The van der Waals surface area contributed by atoms with E-state index in [1.807, 2.05) is 50.2 Å². The summed E-state index contributed by atoms with van der Waals surface area (Å²) in [6.45, 7) is 4.31. The molecule has 0 bridgehead atoms. The highest BCUT2D eigenvalue weighted by Gasteiger charge is 2.15. The van der Waals surface area contributed by atoms with Gasteiger partial charge >= 0.3 is 5.69 Å². The number of carbonyl (C=O) groups excluding carboxylic acids is 1. The molecule has 4 aromatic rings. The van der Waals surface area contributed by atoms with E-state index in [-0.39, 0.29) is 18.1 Å². The minimum absolute atomic E-state index is 0.0554. The molecule has 0 aliphatic rings. The molecule has 4 rings (SSSR count). The van der Waals surface area contributed by atoms with Gasteiger partial charge in [0.1, 0.15) is 12.9 Å². The molecule has 142 valence electrons. The van der Waals surface area contributed by atoms with E-state index in [1.54, 1.807) is 15.3 Å². The molecule has 1 amide bonds. The van der Waals surface area contributed by atoms with Crippen LogP contribution in [0.25, 0.3) is 16.7 Å². The van der Waals surface area contributed by atoms with Crippen molar-refractivity contribution < 1.29 is 4.79 Å². The molecule has 1 N–H and O–H groups in total. The van der Waals surface area contributed by atoms with Crippen LogP contribution < -0.4 is 11.0 Å². The maximum Gasteiger partial charge on any atom is 0.329 e. The van der Waals surface area contributed by atoms with Gasteiger partial charge in [-0.2, -0.15) is 0 Å². The first-order valence-electron chi connectivity index (χ1n) is 8.90. The van der Waals surface area contributed by atoms with Gasteiger partial charge in [-0.15, -0.1) is 5.10 Å². The lowest BCUT2D eigenvalue weighted by atomic mass is 10.2. The van der Waals surface area contributed by atoms with Crippen LogP contribution in [0.2, 0.25) is 0 Å². The Hall–Kier alpha value is -3.75. The Morgan fingerprint density at radius 2 is 1.86 bits per heavy atom. The molecule has 2 aromatic carbocycles. The molecule has 0 aliphatic carbocycles. The molecule has 9 nitrogen and oxygen atoms in total. The fourth-order valence-electron chi connectivity index (χ4n) is 3.34. The van der Waals surface area contributed by atoms with Crippen molar-refractivity contribution in [3.8, 4) is 5.69 Å². The SMILES string of the molecule is CCn1c(=O)n(CC(=O)Nc2ccc(-n3cnnn3)c(C)c2)c2ccccc21. The first kappa shape index (κ1) is 17.7. The van der Waals surface area contributed by atoms with E-state index in [2.05, 4.69) is 20.8 Å². The van der Waals surface area contributed by atoms with Crippen LogP contribution in [0, 0.1) is 6.92 Å². The highest BCUT2D eigenvalue weighted by Crippen LogP contribution is 2.18. The predicted octanol–water partition coefficient (Wildman–Crippen LogP) is 1.75. The summed E-state index contributed by atoms with van der Waals surface area (Å²) in [5.74, 6) is -0.268. The molecule has 2 aromatic heterocycles. The van der Waals surface area contributed by atoms with E-state index in [9.17, 15) is 9.59 Å². The number of fused-ring (bicyclic) bond motifs is 1. The predicted molar refractivity (Wildman–Crippen MR) is 104 cm³/mol. The molecule has 2 heterocycles. The van der Waals surface area contributed by atoms with E-state index < -0.39 is 0 Å². The Labute approximate surface area is 160 Å². The number of nitrogens with zero attached hydrogens (tertiary/aromatic N) is 6. The normalized spacial score (nSPS) is 11.1. The number of para-hydroxylation sites is 2. The fourth-order valence-corrected chi connectivity index (χ4v) is 3.34. The van der Waals surface area contributed by atoms with Crippen molar-refractivity contribution >= 4 is 22.6 Å². The van der Waals surface area contributed by atoms with Crippen LogP contribution in [0.3, 0.4) is 0 Å². The van der Waals surface area contributed by atoms with Gasteiger partial charge in [-0.25, -0.2) is 9.48 Å². The molecule has 0 unspecified atom stereocenters. The number of carbonyl (C=O) groups is 1. The van der Waals surface area contributed by atoms with Crippen molar-refractivity contribution in [3.63, 3.8) is 0 Å². The van der Waals surface area contributed by atoms with Crippen LogP contribution >= 0.6 is 0 Å². The minimum atomic E-state index is -0.268. The van der Waals surface area contributed by atoms with Crippen molar-refractivity contribution in [1.29, 1.82) is 0 Å². The monoisotopic (exact) mass is 377 g/mol. The van der Waals surface area contributed by atoms with Crippen LogP contribution in [0.4, 0.5) is 5.69 Å². The van der Waals surface area contributed by atoms with E-state index in [0.29, 0.717) is 12.2 Å². The van der Waals surface area contributed by atoms with Gasteiger partial charge in [-0.05, 0) is 60.2 Å². The molecular formula is C19H19N7O2. The number of nitrogens with one attached hydrogen (secondary N) is 1. The number of imidazole rings is 1. The maximum atomic E-state index is 12.7. The highest BCUT2D eigenvalue weighted by molar-refractivity contribution is 5.91. The first-order chi connectivity index (χ1) is 13.6. The van der Waals surface area contributed by atoms with E-state index in [0.717, 1.165) is 22.3 Å². The molecule has 28 heavy (non-hydrogen) atoms. The summed E-state index contributed by atoms with van der Waals surface area (Å²) < 4.78 is 4.71. The number of hydrogen-bond donors (Lipinski definition) is 1.